The molecule has 0 saturated carbocycles. The van der Waals surface area contributed by atoms with E-state index in [1.54, 1.807) is 0 Å². The molecule has 31 heavy (non-hydrogen) atoms. The molecule has 5 nitrogen and oxygen atoms in total. The Bertz CT molecular complexity index is 1020. The minimum absolute atomic E-state index is 0.0531. The van der Waals surface area contributed by atoms with Crippen molar-refractivity contribution in [2.75, 3.05) is 0 Å². The monoisotopic (exact) mass is 424 g/mol. The summed E-state index contributed by atoms with van der Waals surface area (Å²) in [6, 6.07) is 8.02. The molecule has 2 aromatic heterocycles. The maximum absolute atomic E-state index is 6.18. The molecule has 6 unspecified atom stereocenters. The molecule has 0 aliphatic carbocycles. The van der Waals surface area contributed by atoms with Crippen LogP contribution in [0.2, 0.25) is 0 Å². The predicted molar refractivity (Wildman–Crippen MR) is 119 cm³/mol. The number of hydrogen-bond acceptors (Lipinski definition) is 5. The maximum Gasteiger partial charge on any atom is 0.126 e. The third kappa shape index (κ3) is 5.40. The zero-order valence-electron chi connectivity index (χ0n) is 18.4. The van der Waals surface area contributed by atoms with Gasteiger partial charge in [0.1, 0.15) is 21.7 Å². The fraction of sp³-hybridized carbons (Fsp3) is 0.538. The van der Waals surface area contributed by atoms with E-state index < -0.39 is 0 Å². The largest absolute Gasteiger partial charge is 0.458 e. The van der Waals surface area contributed by atoms with Crippen LogP contribution in [0.25, 0.3) is 24.3 Å². The van der Waals surface area contributed by atoms with Crippen molar-refractivity contribution in [2.24, 2.45) is 0 Å². The summed E-state index contributed by atoms with van der Waals surface area (Å²) < 4.78 is 29.8. The van der Waals surface area contributed by atoms with Crippen LogP contribution in [0.4, 0.5) is 0 Å². The Morgan fingerprint density at radius 1 is 0.516 bits per heavy atom. The summed E-state index contributed by atoms with van der Waals surface area (Å²) in [5.74, 6) is 0. The molecule has 0 N–H and O–H groups in total. The van der Waals surface area contributed by atoms with Gasteiger partial charge in [0.15, 0.2) is 0 Å². The summed E-state index contributed by atoms with van der Waals surface area (Å²) in [7, 11) is 0. The molecule has 0 bridgehead atoms. The number of ether oxygens (including phenoxy) is 3. The Balaban J connectivity index is 1.22. The summed E-state index contributed by atoms with van der Waals surface area (Å²) in [5.41, 5.74) is 3.44. The van der Waals surface area contributed by atoms with Crippen LogP contribution in [-0.2, 0) is 14.2 Å². The van der Waals surface area contributed by atoms with E-state index in [9.17, 15) is 0 Å². The van der Waals surface area contributed by atoms with Gasteiger partial charge in [-0.05, 0) is 101 Å². The van der Waals surface area contributed by atoms with Gasteiger partial charge < -0.3 is 23.0 Å². The lowest BCUT2D eigenvalue weighted by atomic mass is 10.2. The molecule has 3 aliphatic heterocycles. The van der Waals surface area contributed by atoms with Gasteiger partial charge in [0.25, 0.3) is 0 Å². The van der Waals surface area contributed by atoms with Crippen molar-refractivity contribution in [1.82, 2.24) is 0 Å². The minimum Gasteiger partial charge on any atom is -0.458 e. The molecule has 3 fully saturated rings. The van der Waals surface area contributed by atoms with Crippen molar-refractivity contribution in [3.8, 4) is 0 Å². The van der Waals surface area contributed by atoms with Crippen molar-refractivity contribution in [3.05, 3.63) is 45.9 Å². The Morgan fingerprint density at radius 2 is 0.839 bits per heavy atom. The highest BCUT2D eigenvalue weighted by molar-refractivity contribution is 5.33. The Kier molecular flexibility index (Phi) is 6.17. The van der Waals surface area contributed by atoms with Crippen LogP contribution in [0.1, 0.15) is 52.4 Å². The molecule has 0 spiro atoms. The second kappa shape index (κ2) is 9.19. The fourth-order valence-corrected chi connectivity index (χ4v) is 4.67. The molecule has 166 valence electrons. The van der Waals surface area contributed by atoms with Crippen LogP contribution in [0.3, 0.4) is 0 Å². The molecule has 3 aliphatic rings. The van der Waals surface area contributed by atoms with Crippen molar-refractivity contribution < 1.29 is 23.0 Å². The highest BCUT2D eigenvalue weighted by Gasteiger charge is 2.23. The van der Waals surface area contributed by atoms with Gasteiger partial charge in [-0.25, -0.2) is 0 Å². The summed E-state index contributed by atoms with van der Waals surface area (Å²) in [6.07, 6.45) is 15.7. The maximum atomic E-state index is 6.18. The second-order valence-corrected chi connectivity index (χ2v) is 9.06. The van der Waals surface area contributed by atoms with Gasteiger partial charge in [-0.3, -0.25) is 0 Å². The number of furan rings is 2. The quantitative estimate of drug-likeness (QED) is 0.754. The third-order valence-corrected chi connectivity index (χ3v) is 6.31. The molecule has 6 atom stereocenters. The lowest BCUT2D eigenvalue weighted by molar-refractivity contribution is 0.0907. The summed E-state index contributed by atoms with van der Waals surface area (Å²) in [5, 5.41) is 0. The average Bonchev–Trinajstić information content (AvgIpc) is 3.54. The summed E-state index contributed by atoms with van der Waals surface area (Å²) in [6.45, 7) is 4.23. The fourth-order valence-electron chi connectivity index (χ4n) is 4.67. The molecule has 0 radical (unpaired) electrons. The standard InChI is InChI=1S/C26H32O5/c1-17-3-5-19(27-17)13-21-7-9-23(29-21)15-25-11-12-26(31-25)16-24-10-8-22(30-24)14-20-6-4-18(2)28-20/h7-10,13-20,25-26H,3-6,11-12H2,1-2H3. The first-order valence-corrected chi connectivity index (χ1v) is 11.6. The van der Waals surface area contributed by atoms with Crippen molar-refractivity contribution in [1.29, 1.82) is 0 Å². The van der Waals surface area contributed by atoms with E-state index >= 15 is 0 Å². The average molecular weight is 425 g/mol. The van der Waals surface area contributed by atoms with Crippen LogP contribution >= 0.6 is 0 Å². The van der Waals surface area contributed by atoms with Crippen LogP contribution in [0, 0.1) is 0 Å². The molecule has 3 saturated heterocycles. The van der Waals surface area contributed by atoms with Gasteiger partial charge in [-0.1, -0.05) is 0 Å². The molecule has 5 heterocycles. The zero-order valence-corrected chi connectivity index (χ0v) is 18.4. The van der Waals surface area contributed by atoms with Gasteiger partial charge in [-0.15, -0.1) is 0 Å². The first-order valence-electron chi connectivity index (χ1n) is 11.6. The molecule has 5 heteroatoms. The second-order valence-electron chi connectivity index (χ2n) is 9.06. The first-order chi connectivity index (χ1) is 15.1. The predicted octanol–water partition coefficient (Wildman–Crippen LogP) is 2.38. The van der Waals surface area contributed by atoms with Crippen LogP contribution in [-0.4, -0.2) is 36.6 Å². The molecular weight excluding hydrogens is 392 g/mol. The van der Waals surface area contributed by atoms with Crippen molar-refractivity contribution in [3.63, 3.8) is 0 Å². The first kappa shape index (κ1) is 20.8. The van der Waals surface area contributed by atoms with Crippen molar-refractivity contribution in [2.45, 2.75) is 89.0 Å². The minimum atomic E-state index is 0.0531. The molecule has 0 aromatic carbocycles. The van der Waals surface area contributed by atoms with Gasteiger partial charge in [0.05, 0.1) is 36.6 Å². The van der Waals surface area contributed by atoms with E-state index in [4.69, 9.17) is 23.0 Å². The van der Waals surface area contributed by atoms with E-state index in [2.05, 4.69) is 38.2 Å². The van der Waals surface area contributed by atoms with Gasteiger partial charge in [-0.2, -0.15) is 0 Å². The SMILES string of the molecule is CC1CCC(C=c2ccc(=CC3CCC(C=c4ccc(=CC5CCC(C)O5)o4)O3)o2)O1. The molecular formula is C26H32O5. The summed E-state index contributed by atoms with van der Waals surface area (Å²) in [4.78, 5) is 0. The number of rotatable bonds is 4. The number of hydrogen-bond donors (Lipinski definition) is 0. The van der Waals surface area contributed by atoms with Crippen molar-refractivity contribution >= 4 is 24.3 Å². The highest BCUT2D eigenvalue weighted by Crippen LogP contribution is 2.22. The molecule has 0 amide bonds. The third-order valence-electron chi connectivity index (χ3n) is 6.31. The molecule has 5 rings (SSSR count). The van der Waals surface area contributed by atoms with Crippen LogP contribution in [0.5, 0.6) is 0 Å². The Labute approximate surface area is 182 Å². The Hall–Kier alpha value is -2.08. The van der Waals surface area contributed by atoms with Gasteiger partial charge in [0.2, 0.25) is 0 Å². The van der Waals surface area contributed by atoms with E-state index in [0.717, 1.165) is 60.2 Å². The van der Waals surface area contributed by atoms with E-state index in [1.165, 1.54) is 0 Å². The lowest BCUT2D eigenvalue weighted by Crippen LogP contribution is -2.13. The Morgan fingerprint density at radius 3 is 1.16 bits per heavy atom. The van der Waals surface area contributed by atoms with E-state index in [-0.39, 0.29) is 24.4 Å². The van der Waals surface area contributed by atoms with E-state index in [0.29, 0.717) is 12.2 Å². The van der Waals surface area contributed by atoms with Gasteiger partial charge >= 0.3 is 0 Å². The van der Waals surface area contributed by atoms with Gasteiger partial charge in [0, 0.05) is 0 Å². The topological polar surface area (TPSA) is 54.0 Å². The highest BCUT2D eigenvalue weighted by atomic mass is 16.5. The normalized spacial score (nSPS) is 36.3. The van der Waals surface area contributed by atoms with Crippen LogP contribution in [0.15, 0.2) is 33.1 Å². The zero-order chi connectivity index (χ0) is 21.2. The van der Waals surface area contributed by atoms with E-state index in [1.807, 2.05) is 24.3 Å². The smallest absolute Gasteiger partial charge is 0.126 e. The van der Waals surface area contributed by atoms with Crippen LogP contribution < -0.4 is 21.7 Å². The summed E-state index contributed by atoms with van der Waals surface area (Å²) >= 11 is 0. The lowest BCUT2D eigenvalue weighted by Gasteiger charge is -2.05. The molecule has 2 aromatic rings.